The molecule has 1 saturated heterocycles. The second-order valence-corrected chi connectivity index (χ2v) is 7.82. The molecule has 2 amide bonds. The van der Waals surface area contributed by atoms with Gasteiger partial charge in [0, 0.05) is 53.2 Å². The molecule has 0 unspecified atom stereocenters. The lowest BCUT2D eigenvalue weighted by molar-refractivity contribution is -0.117. The Hall–Kier alpha value is -3.45. The van der Waals surface area contributed by atoms with Gasteiger partial charge in [-0.15, -0.1) is 11.3 Å². The van der Waals surface area contributed by atoms with Gasteiger partial charge in [-0.2, -0.15) is 0 Å². The Bertz CT molecular complexity index is 1180. The van der Waals surface area contributed by atoms with E-state index in [1.54, 1.807) is 28.4 Å². The number of anilines is 2. The summed E-state index contributed by atoms with van der Waals surface area (Å²) >= 11 is 1.59. The molecule has 1 aliphatic rings. The van der Waals surface area contributed by atoms with Crippen LogP contribution in [-0.4, -0.2) is 27.7 Å². The monoisotopic (exact) mass is 402 g/mol. The molecule has 6 nitrogen and oxygen atoms in total. The van der Waals surface area contributed by atoms with Gasteiger partial charge in [-0.05, 0) is 36.8 Å². The normalized spacial score (nSPS) is 13.9. The van der Waals surface area contributed by atoms with Gasteiger partial charge in [-0.3, -0.25) is 14.0 Å². The molecule has 29 heavy (non-hydrogen) atoms. The van der Waals surface area contributed by atoms with Gasteiger partial charge in [-0.1, -0.05) is 18.2 Å². The van der Waals surface area contributed by atoms with E-state index in [-0.39, 0.29) is 11.8 Å². The fraction of sp³-hybridized carbons (Fsp3) is 0.136. The van der Waals surface area contributed by atoms with Crippen LogP contribution in [0.2, 0.25) is 0 Å². The smallest absolute Gasteiger partial charge is 0.255 e. The summed E-state index contributed by atoms with van der Waals surface area (Å²) < 4.78 is 1.99. The van der Waals surface area contributed by atoms with Crippen molar-refractivity contribution in [2.75, 3.05) is 16.8 Å². The van der Waals surface area contributed by atoms with Crippen LogP contribution in [0.5, 0.6) is 0 Å². The van der Waals surface area contributed by atoms with Crippen LogP contribution in [0.25, 0.3) is 16.2 Å². The van der Waals surface area contributed by atoms with Gasteiger partial charge >= 0.3 is 0 Å². The molecule has 4 aromatic rings. The van der Waals surface area contributed by atoms with Crippen molar-refractivity contribution < 1.29 is 9.59 Å². The third-order valence-corrected chi connectivity index (χ3v) is 5.80. The minimum atomic E-state index is -0.200. The van der Waals surface area contributed by atoms with Crippen molar-refractivity contribution in [1.82, 2.24) is 9.38 Å². The highest BCUT2D eigenvalue weighted by atomic mass is 32.1. The first kappa shape index (κ1) is 17.6. The topological polar surface area (TPSA) is 66.7 Å². The van der Waals surface area contributed by atoms with Crippen LogP contribution in [0.15, 0.2) is 66.3 Å². The van der Waals surface area contributed by atoms with E-state index in [0.29, 0.717) is 24.2 Å². The van der Waals surface area contributed by atoms with Gasteiger partial charge in [0.05, 0.1) is 5.69 Å². The second kappa shape index (κ2) is 7.18. The number of hydrogen-bond acceptors (Lipinski definition) is 4. The molecule has 1 fully saturated rings. The Morgan fingerprint density at radius 3 is 2.76 bits per heavy atom. The molecule has 0 saturated carbocycles. The zero-order chi connectivity index (χ0) is 19.8. The average molecular weight is 402 g/mol. The fourth-order valence-electron chi connectivity index (χ4n) is 3.53. The Morgan fingerprint density at radius 1 is 1.14 bits per heavy atom. The molecule has 1 N–H and O–H groups in total. The number of thiazole rings is 1. The van der Waals surface area contributed by atoms with Crippen LogP contribution < -0.4 is 10.2 Å². The maximum atomic E-state index is 12.7. The van der Waals surface area contributed by atoms with Crippen LogP contribution in [-0.2, 0) is 4.79 Å². The van der Waals surface area contributed by atoms with Crippen molar-refractivity contribution in [3.8, 4) is 11.3 Å². The first-order valence-electron chi connectivity index (χ1n) is 9.42. The molecule has 0 atom stereocenters. The zero-order valence-electron chi connectivity index (χ0n) is 15.5. The maximum absolute atomic E-state index is 12.7. The molecule has 0 bridgehead atoms. The molecule has 2 aromatic carbocycles. The lowest BCUT2D eigenvalue weighted by atomic mass is 10.1. The highest BCUT2D eigenvalue weighted by Crippen LogP contribution is 2.25. The number of fused-ring (bicyclic) bond motifs is 1. The van der Waals surface area contributed by atoms with Crippen molar-refractivity contribution >= 4 is 39.5 Å². The van der Waals surface area contributed by atoms with Gasteiger partial charge in [0.25, 0.3) is 5.91 Å². The third kappa shape index (κ3) is 3.40. The molecular formula is C22H18N4O2S. The predicted molar refractivity (Wildman–Crippen MR) is 114 cm³/mol. The van der Waals surface area contributed by atoms with Gasteiger partial charge < -0.3 is 10.2 Å². The molecule has 0 radical (unpaired) electrons. The largest absolute Gasteiger partial charge is 0.322 e. The van der Waals surface area contributed by atoms with Gasteiger partial charge in [-0.25, -0.2) is 4.98 Å². The average Bonchev–Trinajstić information content (AvgIpc) is 3.45. The van der Waals surface area contributed by atoms with E-state index in [0.717, 1.165) is 28.3 Å². The predicted octanol–water partition coefficient (Wildman–Crippen LogP) is 4.44. The first-order valence-corrected chi connectivity index (χ1v) is 10.3. The minimum absolute atomic E-state index is 0.109. The summed E-state index contributed by atoms with van der Waals surface area (Å²) in [4.78, 5) is 31.9. The third-order valence-electron chi connectivity index (χ3n) is 5.03. The van der Waals surface area contributed by atoms with Crippen molar-refractivity contribution in [2.24, 2.45) is 0 Å². The van der Waals surface area contributed by atoms with E-state index in [1.807, 2.05) is 58.6 Å². The quantitative estimate of drug-likeness (QED) is 0.549. The summed E-state index contributed by atoms with van der Waals surface area (Å²) in [6, 6.07) is 14.8. The summed E-state index contributed by atoms with van der Waals surface area (Å²) in [6.07, 6.45) is 5.40. The zero-order valence-corrected chi connectivity index (χ0v) is 16.4. The lowest BCUT2D eigenvalue weighted by Crippen LogP contribution is -2.24. The second-order valence-electron chi connectivity index (χ2n) is 6.95. The van der Waals surface area contributed by atoms with Crippen molar-refractivity contribution in [1.29, 1.82) is 0 Å². The Kier molecular flexibility index (Phi) is 4.37. The van der Waals surface area contributed by atoms with Crippen molar-refractivity contribution in [2.45, 2.75) is 12.8 Å². The molecule has 0 aliphatic carbocycles. The molecule has 0 spiro atoms. The number of hydrogen-bond donors (Lipinski definition) is 1. The van der Waals surface area contributed by atoms with Gasteiger partial charge in [0.2, 0.25) is 5.91 Å². The summed E-state index contributed by atoms with van der Waals surface area (Å²) in [5.74, 6) is -0.0916. The van der Waals surface area contributed by atoms with Gasteiger partial charge in [0.1, 0.15) is 0 Å². The molecule has 1 aliphatic heterocycles. The van der Waals surface area contributed by atoms with E-state index in [2.05, 4.69) is 10.3 Å². The number of imidazole rings is 1. The molecule has 7 heteroatoms. The van der Waals surface area contributed by atoms with Crippen LogP contribution in [0.1, 0.15) is 23.2 Å². The Morgan fingerprint density at radius 2 is 2.00 bits per heavy atom. The number of benzene rings is 2. The maximum Gasteiger partial charge on any atom is 0.255 e. The number of carbonyl (C=O) groups excluding carboxylic acids is 2. The molecular weight excluding hydrogens is 384 g/mol. The van der Waals surface area contributed by atoms with E-state index in [9.17, 15) is 9.59 Å². The van der Waals surface area contributed by atoms with E-state index in [4.69, 9.17) is 0 Å². The minimum Gasteiger partial charge on any atom is -0.322 e. The summed E-state index contributed by atoms with van der Waals surface area (Å²) in [7, 11) is 0. The van der Waals surface area contributed by atoms with Crippen LogP contribution in [0.3, 0.4) is 0 Å². The summed E-state index contributed by atoms with van der Waals surface area (Å²) in [6.45, 7) is 0.705. The SMILES string of the molecule is O=C(Nc1ccc(-c2cn3ccsc3n2)cc1)c1cccc(N2CCCC2=O)c1. The number of aromatic nitrogens is 2. The highest BCUT2D eigenvalue weighted by molar-refractivity contribution is 7.15. The molecule has 2 aromatic heterocycles. The number of carbonyl (C=O) groups is 2. The molecule has 5 rings (SSSR count). The van der Waals surface area contributed by atoms with Gasteiger partial charge in [0.15, 0.2) is 4.96 Å². The molecule has 3 heterocycles. The van der Waals surface area contributed by atoms with E-state index in [1.165, 1.54) is 0 Å². The fourth-order valence-corrected chi connectivity index (χ4v) is 4.23. The first-order chi connectivity index (χ1) is 14.2. The van der Waals surface area contributed by atoms with E-state index < -0.39 is 0 Å². The van der Waals surface area contributed by atoms with Crippen LogP contribution >= 0.6 is 11.3 Å². The summed E-state index contributed by atoms with van der Waals surface area (Å²) in [5, 5.41) is 4.92. The number of amides is 2. The van der Waals surface area contributed by atoms with Crippen molar-refractivity contribution in [3.63, 3.8) is 0 Å². The summed E-state index contributed by atoms with van der Waals surface area (Å²) in [5.41, 5.74) is 3.91. The Labute approximate surface area is 171 Å². The van der Waals surface area contributed by atoms with E-state index >= 15 is 0 Å². The van der Waals surface area contributed by atoms with Crippen molar-refractivity contribution in [3.05, 3.63) is 71.9 Å². The molecule has 144 valence electrons. The lowest BCUT2D eigenvalue weighted by Gasteiger charge is -2.16. The Balaban J connectivity index is 1.32. The number of nitrogens with one attached hydrogen (secondary N) is 1. The van der Waals surface area contributed by atoms with Crippen LogP contribution in [0, 0.1) is 0 Å². The number of rotatable bonds is 4. The van der Waals surface area contributed by atoms with Crippen LogP contribution in [0.4, 0.5) is 11.4 Å². The number of nitrogens with zero attached hydrogens (tertiary/aromatic N) is 3. The highest BCUT2D eigenvalue weighted by Gasteiger charge is 2.22. The standard InChI is InChI=1S/C22H18N4O2S/c27-20-5-2-10-26(20)18-4-1-3-16(13-18)21(28)23-17-8-6-15(7-9-17)19-14-25-11-12-29-22(25)24-19/h1,3-4,6-9,11-14H,2,5,10H2,(H,23,28).